The van der Waals surface area contributed by atoms with E-state index in [0.717, 1.165) is 18.2 Å². The van der Waals surface area contributed by atoms with Crippen LogP contribution in [0.3, 0.4) is 0 Å². The molecule has 0 unspecified atom stereocenters. The largest absolute Gasteiger partial charge is 0.416 e. The average Bonchev–Trinajstić information content (AvgIpc) is 2.41. The predicted octanol–water partition coefficient (Wildman–Crippen LogP) is 4.98. The molecule has 1 nitrogen and oxygen atoms in total. The Hall–Kier alpha value is -1.76. The number of halogens is 6. The molecule has 0 N–H and O–H groups in total. The van der Waals surface area contributed by atoms with Crippen LogP contribution >= 0.6 is 15.9 Å². The molecule has 0 atom stereocenters. The number of rotatable bonds is 2. The number of benzene rings is 2. The lowest BCUT2D eigenvalue weighted by atomic mass is 10.0. The van der Waals surface area contributed by atoms with Crippen LogP contribution in [-0.4, -0.2) is 5.78 Å². The predicted molar refractivity (Wildman–Crippen MR) is 68.9 cm³/mol. The van der Waals surface area contributed by atoms with Crippen molar-refractivity contribution < 1.29 is 26.7 Å². The van der Waals surface area contributed by atoms with Gasteiger partial charge in [-0.1, -0.05) is 12.1 Å². The molecule has 2 aromatic carbocycles. The van der Waals surface area contributed by atoms with E-state index in [0.29, 0.717) is 18.2 Å². The molecule has 0 saturated carbocycles. The van der Waals surface area contributed by atoms with Crippen molar-refractivity contribution in [1.29, 1.82) is 0 Å². The molecule has 7 heteroatoms. The van der Waals surface area contributed by atoms with Crippen LogP contribution in [0.4, 0.5) is 22.0 Å². The van der Waals surface area contributed by atoms with E-state index < -0.39 is 34.7 Å². The lowest BCUT2D eigenvalue weighted by Crippen LogP contribution is -2.08. The summed E-state index contributed by atoms with van der Waals surface area (Å²) in [5.41, 5.74) is -1.64. The van der Waals surface area contributed by atoms with Crippen molar-refractivity contribution in [3.05, 3.63) is 69.2 Å². The van der Waals surface area contributed by atoms with Crippen molar-refractivity contribution in [1.82, 2.24) is 0 Å². The van der Waals surface area contributed by atoms with Gasteiger partial charge in [-0.2, -0.15) is 13.2 Å². The van der Waals surface area contributed by atoms with Gasteiger partial charge in [-0.15, -0.1) is 0 Å². The molecule has 110 valence electrons. The van der Waals surface area contributed by atoms with E-state index in [2.05, 4.69) is 15.9 Å². The third-order valence-electron chi connectivity index (χ3n) is 2.73. The van der Waals surface area contributed by atoms with Gasteiger partial charge in [0, 0.05) is 5.56 Å². The third-order valence-corrected chi connectivity index (χ3v) is 3.34. The summed E-state index contributed by atoms with van der Waals surface area (Å²) in [4.78, 5) is 12.0. The van der Waals surface area contributed by atoms with Gasteiger partial charge in [0.05, 0.1) is 15.6 Å². The number of ketones is 1. The summed E-state index contributed by atoms with van der Waals surface area (Å²) in [6, 6.07) is 4.74. The van der Waals surface area contributed by atoms with E-state index in [1.807, 2.05) is 0 Å². The maximum Gasteiger partial charge on any atom is 0.416 e. The van der Waals surface area contributed by atoms with Crippen molar-refractivity contribution in [2.45, 2.75) is 6.18 Å². The SMILES string of the molecule is O=C(c1ccc(C(F)(F)F)cc1)c1cc(F)c(Br)cc1F. The molecule has 21 heavy (non-hydrogen) atoms. The summed E-state index contributed by atoms with van der Waals surface area (Å²) in [5, 5.41) is 0. The Morgan fingerprint density at radius 1 is 0.952 bits per heavy atom. The fourth-order valence-electron chi connectivity index (χ4n) is 1.66. The molecule has 0 aliphatic rings. The van der Waals surface area contributed by atoms with Gasteiger partial charge in [0.1, 0.15) is 11.6 Å². The smallest absolute Gasteiger partial charge is 0.288 e. The molecule has 2 aromatic rings. The highest BCUT2D eigenvalue weighted by Gasteiger charge is 2.30. The normalized spacial score (nSPS) is 11.5. The number of hydrogen-bond donors (Lipinski definition) is 0. The van der Waals surface area contributed by atoms with E-state index in [1.54, 1.807) is 0 Å². The minimum absolute atomic E-state index is 0.149. The first-order valence-electron chi connectivity index (χ1n) is 5.56. The number of alkyl halides is 3. The lowest BCUT2D eigenvalue weighted by molar-refractivity contribution is -0.137. The van der Waals surface area contributed by atoms with Crippen LogP contribution in [0.15, 0.2) is 40.9 Å². The second kappa shape index (κ2) is 5.55. The minimum atomic E-state index is -4.53. The van der Waals surface area contributed by atoms with E-state index in [1.165, 1.54) is 0 Å². The second-order valence-electron chi connectivity index (χ2n) is 4.15. The highest BCUT2D eigenvalue weighted by atomic mass is 79.9. The molecule has 0 spiro atoms. The maximum atomic E-state index is 13.6. The number of carbonyl (C=O) groups excluding carboxylic acids is 1. The first kappa shape index (κ1) is 15.6. The molecule has 0 heterocycles. The molecule has 0 radical (unpaired) electrons. The monoisotopic (exact) mass is 364 g/mol. The van der Waals surface area contributed by atoms with Crippen LogP contribution in [0.1, 0.15) is 21.5 Å². The van der Waals surface area contributed by atoms with Gasteiger partial charge < -0.3 is 0 Å². The zero-order valence-electron chi connectivity index (χ0n) is 10.1. The average molecular weight is 365 g/mol. The Morgan fingerprint density at radius 3 is 2.05 bits per heavy atom. The quantitative estimate of drug-likeness (QED) is 0.417. The molecule has 0 fully saturated rings. The highest BCUT2D eigenvalue weighted by Crippen LogP contribution is 2.29. The fraction of sp³-hybridized carbons (Fsp3) is 0.0714. The lowest BCUT2D eigenvalue weighted by Gasteiger charge is -2.08. The van der Waals surface area contributed by atoms with Gasteiger partial charge >= 0.3 is 6.18 Å². The molecule has 0 aromatic heterocycles. The van der Waals surface area contributed by atoms with Crippen molar-refractivity contribution in [3.8, 4) is 0 Å². The summed E-state index contributed by atoms with van der Waals surface area (Å²) in [6.45, 7) is 0. The van der Waals surface area contributed by atoms with Crippen LogP contribution in [-0.2, 0) is 6.18 Å². The Bertz CT molecular complexity index is 692. The summed E-state index contributed by atoms with van der Waals surface area (Å²) in [7, 11) is 0. The van der Waals surface area contributed by atoms with Crippen molar-refractivity contribution in [2.75, 3.05) is 0 Å². The highest BCUT2D eigenvalue weighted by molar-refractivity contribution is 9.10. The van der Waals surface area contributed by atoms with Crippen molar-refractivity contribution in [3.63, 3.8) is 0 Å². The fourth-order valence-corrected chi connectivity index (χ4v) is 1.98. The standard InChI is InChI=1S/C14H6BrF5O/c15-10-6-11(16)9(5-12(10)17)13(21)7-1-3-8(4-2-7)14(18,19)20/h1-6H. The van der Waals surface area contributed by atoms with Crippen LogP contribution < -0.4 is 0 Å². The van der Waals surface area contributed by atoms with Crippen LogP contribution in [0.5, 0.6) is 0 Å². The summed E-state index contributed by atoms with van der Waals surface area (Å²) in [5.74, 6) is -2.70. The van der Waals surface area contributed by atoms with E-state index >= 15 is 0 Å². The van der Waals surface area contributed by atoms with Gasteiger partial charge in [-0.3, -0.25) is 4.79 Å². The zero-order chi connectivity index (χ0) is 15.8. The number of carbonyl (C=O) groups is 1. The third kappa shape index (κ3) is 3.29. The van der Waals surface area contributed by atoms with Gasteiger partial charge in [0.2, 0.25) is 0 Å². The summed E-state index contributed by atoms with van der Waals surface area (Å²) < 4.78 is 64.0. The van der Waals surface area contributed by atoms with Gasteiger partial charge in [-0.05, 0) is 40.2 Å². The van der Waals surface area contributed by atoms with Gasteiger partial charge in [0.15, 0.2) is 5.78 Å². The molecule has 0 aliphatic carbocycles. The van der Waals surface area contributed by atoms with Crippen LogP contribution in [0, 0.1) is 11.6 Å². The first-order chi connectivity index (χ1) is 9.70. The Labute approximate surface area is 124 Å². The van der Waals surface area contributed by atoms with E-state index in [-0.39, 0.29) is 10.0 Å². The topological polar surface area (TPSA) is 17.1 Å². The maximum absolute atomic E-state index is 13.6. The van der Waals surface area contributed by atoms with E-state index in [9.17, 15) is 26.7 Å². The molecule has 0 bridgehead atoms. The molecular weight excluding hydrogens is 359 g/mol. The van der Waals surface area contributed by atoms with Crippen LogP contribution in [0.25, 0.3) is 0 Å². The van der Waals surface area contributed by atoms with Crippen molar-refractivity contribution >= 4 is 21.7 Å². The Balaban J connectivity index is 2.39. The van der Waals surface area contributed by atoms with Crippen molar-refractivity contribution in [2.24, 2.45) is 0 Å². The van der Waals surface area contributed by atoms with Gasteiger partial charge in [0.25, 0.3) is 0 Å². The second-order valence-corrected chi connectivity index (χ2v) is 5.00. The Kier molecular flexibility index (Phi) is 4.13. The first-order valence-corrected chi connectivity index (χ1v) is 6.36. The molecule has 2 rings (SSSR count). The van der Waals surface area contributed by atoms with Gasteiger partial charge in [-0.25, -0.2) is 8.78 Å². The summed E-state index contributed by atoms with van der Waals surface area (Å²) >= 11 is 2.77. The molecule has 0 amide bonds. The molecule has 0 aliphatic heterocycles. The van der Waals surface area contributed by atoms with Crippen LogP contribution in [0.2, 0.25) is 0 Å². The molecular formula is C14H6BrF5O. The Morgan fingerprint density at radius 2 is 1.52 bits per heavy atom. The molecule has 0 saturated heterocycles. The minimum Gasteiger partial charge on any atom is -0.288 e. The van der Waals surface area contributed by atoms with E-state index in [4.69, 9.17) is 0 Å². The summed E-state index contributed by atoms with van der Waals surface area (Å²) in [6.07, 6.45) is -4.53. The zero-order valence-corrected chi connectivity index (χ0v) is 11.7. The number of hydrogen-bond acceptors (Lipinski definition) is 1.